The third-order valence-corrected chi connectivity index (χ3v) is 5.34. The highest BCUT2D eigenvalue weighted by atomic mass is 16.6. The van der Waals surface area contributed by atoms with Crippen LogP contribution in [0, 0.1) is 12.8 Å². The molecule has 1 aromatic rings. The van der Waals surface area contributed by atoms with Crippen LogP contribution < -0.4 is 0 Å². The van der Waals surface area contributed by atoms with Crippen molar-refractivity contribution in [2.75, 3.05) is 0 Å². The summed E-state index contributed by atoms with van der Waals surface area (Å²) >= 11 is 0. The first kappa shape index (κ1) is 15.0. The molecular weight excluding hydrogens is 264 g/mol. The van der Waals surface area contributed by atoms with Crippen LogP contribution in [0.15, 0.2) is 24.3 Å². The Morgan fingerprint density at radius 2 is 2.05 bits per heavy atom. The maximum absolute atomic E-state index is 10.7. The van der Waals surface area contributed by atoms with Gasteiger partial charge in [0, 0.05) is 0 Å². The highest BCUT2D eigenvalue weighted by Crippen LogP contribution is 2.55. The van der Waals surface area contributed by atoms with Crippen LogP contribution in [0.2, 0.25) is 0 Å². The summed E-state index contributed by atoms with van der Waals surface area (Å²) < 4.78 is 12.1. The van der Waals surface area contributed by atoms with Gasteiger partial charge in [0.05, 0.1) is 17.8 Å². The molecule has 0 bridgehead atoms. The number of epoxide rings is 1. The zero-order valence-electron chi connectivity index (χ0n) is 13.4. The molecule has 0 aromatic heterocycles. The molecule has 1 N–H and O–H groups in total. The van der Waals surface area contributed by atoms with E-state index < -0.39 is 5.60 Å². The summed E-state index contributed by atoms with van der Waals surface area (Å²) in [6, 6.07) is 8.22. The molecule has 0 radical (unpaired) electrons. The van der Waals surface area contributed by atoms with E-state index in [1.807, 2.05) is 19.1 Å². The van der Waals surface area contributed by atoms with Crippen LogP contribution >= 0.6 is 0 Å². The van der Waals surface area contributed by atoms with Crippen molar-refractivity contribution >= 4 is 0 Å². The highest BCUT2D eigenvalue weighted by Gasteiger charge is 2.68. The molecule has 1 aliphatic carbocycles. The second-order valence-electron chi connectivity index (χ2n) is 7.16. The van der Waals surface area contributed by atoms with Crippen molar-refractivity contribution in [3.8, 4) is 0 Å². The van der Waals surface area contributed by atoms with Gasteiger partial charge in [-0.3, -0.25) is 0 Å². The van der Waals surface area contributed by atoms with Crippen molar-refractivity contribution in [2.45, 2.75) is 70.6 Å². The minimum atomic E-state index is -0.803. The molecule has 1 saturated heterocycles. The lowest BCUT2D eigenvalue weighted by Crippen LogP contribution is -2.52. The lowest BCUT2D eigenvalue weighted by Gasteiger charge is -2.38. The van der Waals surface area contributed by atoms with Crippen LogP contribution in [0.3, 0.4) is 0 Å². The van der Waals surface area contributed by atoms with Gasteiger partial charge in [0.15, 0.2) is 0 Å². The van der Waals surface area contributed by atoms with Gasteiger partial charge in [0.2, 0.25) is 0 Å². The first-order valence-electron chi connectivity index (χ1n) is 7.93. The Morgan fingerprint density at radius 1 is 1.33 bits per heavy atom. The molecule has 0 amide bonds. The largest absolute Gasteiger partial charge is 0.387 e. The molecule has 1 aliphatic heterocycles. The van der Waals surface area contributed by atoms with Gasteiger partial charge >= 0.3 is 0 Å². The average molecular weight is 290 g/mol. The molecule has 4 atom stereocenters. The lowest BCUT2D eigenvalue weighted by atomic mass is 9.73. The molecule has 2 aliphatic rings. The fourth-order valence-corrected chi connectivity index (χ4v) is 3.61. The number of ether oxygens (including phenoxy) is 2. The first-order valence-corrected chi connectivity index (χ1v) is 7.93. The Kier molecular flexibility index (Phi) is 3.63. The minimum absolute atomic E-state index is 0.0327. The third kappa shape index (κ3) is 2.52. The molecule has 1 heterocycles. The normalized spacial score (nSPS) is 38.4. The molecule has 3 nitrogen and oxygen atoms in total. The first-order chi connectivity index (χ1) is 9.87. The van der Waals surface area contributed by atoms with Crippen molar-refractivity contribution < 1.29 is 14.6 Å². The smallest absolute Gasteiger partial charge is 0.117 e. The molecule has 1 saturated carbocycles. The SMILES string of the molecule is Cc1ccccc1CO[C@H]1[C@H]2O[C@@]2(C(C)C)CC[C@@]1(C)O. The highest BCUT2D eigenvalue weighted by molar-refractivity contribution is 5.25. The van der Waals surface area contributed by atoms with E-state index in [9.17, 15) is 5.11 Å². The number of hydrogen-bond acceptors (Lipinski definition) is 3. The Bertz CT molecular complexity index is 523. The molecule has 3 rings (SSSR count). The topological polar surface area (TPSA) is 42.0 Å². The number of benzene rings is 1. The van der Waals surface area contributed by atoms with Crippen molar-refractivity contribution in [1.29, 1.82) is 0 Å². The monoisotopic (exact) mass is 290 g/mol. The summed E-state index contributed by atoms with van der Waals surface area (Å²) in [5, 5.41) is 10.7. The van der Waals surface area contributed by atoms with Crippen LogP contribution in [-0.4, -0.2) is 28.5 Å². The van der Waals surface area contributed by atoms with Gasteiger partial charge in [-0.15, -0.1) is 0 Å². The Labute approximate surface area is 127 Å². The van der Waals surface area contributed by atoms with Crippen molar-refractivity contribution in [1.82, 2.24) is 0 Å². The molecular formula is C18H26O3. The van der Waals surface area contributed by atoms with E-state index in [1.165, 1.54) is 11.1 Å². The predicted molar refractivity (Wildman–Crippen MR) is 82.1 cm³/mol. The van der Waals surface area contributed by atoms with Gasteiger partial charge in [-0.05, 0) is 43.7 Å². The van der Waals surface area contributed by atoms with E-state index in [-0.39, 0.29) is 17.8 Å². The summed E-state index contributed by atoms with van der Waals surface area (Å²) in [5.74, 6) is 0.461. The summed E-state index contributed by atoms with van der Waals surface area (Å²) in [6.45, 7) is 8.88. The fourth-order valence-electron chi connectivity index (χ4n) is 3.61. The number of aryl methyl sites for hydroxylation is 1. The maximum Gasteiger partial charge on any atom is 0.117 e. The Morgan fingerprint density at radius 3 is 2.71 bits per heavy atom. The van der Waals surface area contributed by atoms with E-state index >= 15 is 0 Å². The fraction of sp³-hybridized carbons (Fsp3) is 0.667. The number of aliphatic hydroxyl groups is 1. The van der Waals surface area contributed by atoms with Gasteiger partial charge in [-0.2, -0.15) is 0 Å². The van der Waals surface area contributed by atoms with Crippen LogP contribution in [0.5, 0.6) is 0 Å². The molecule has 0 unspecified atom stereocenters. The van der Waals surface area contributed by atoms with Crippen LogP contribution in [0.4, 0.5) is 0 Å². The standard InChI is InChI=1S/C18H26O3/c1-12(2)18-10-9-17(4,19)15(16(18)21-18)20-11-14-8-6-5-7-13(14)3/h5-8,12,15-16,19H,9-11H2,1-4H3/t15-,16+,17+,18+/m0/s1. The van der Waals surface area contributed by atoms with E-state index in [1.54, 1.807) is 0 Å². The van der Waals surface area contributed by atoms with Gasteiger partial charge < -0.3 is 14.6 Å². The molecule has 21 heavy (non-hydrogen) atoms. The van der Waals surface area contributed by atoms with Crippen molar-refractivity contribution in [3.05, 3.63) is 35.4 Å². The van der Waals surface area contributed by atoms with E-state index in [0.717, 1.165) is 12.8 Å². The number of hydrogen-bond donors (Lipinski definition) is 1. The minimum Gasteiger partial charge on any atom is -0.387 e. The van der Waals surface area contributed by atoms with Crippen LogP contribution in [0.25, 0.3) is 0 Å². The van der Waals surface area contributed by atoms with Gasteiger partial charge in [0.25, 0.3) is 0 Å². The zero-order valence-corrected chi connectivity index (χ0v) is 13.4. The van der Waals surface area contributed by atoms with E-state index in [0.29, 0.717) is 12.5 Å². The van der Waals surface area contributed by atoms with Crippen LogP contribution in [0.1, 0.15) is 44.7 Å². The second-order valence-corrected chi connectivity index (χ2v) is 7.16. The number of fused-ring (bicyclic) bond motifs is 1. The Hall–Kier alpha value is -0.900. The molecule has 2 fully saturated rings. The summed E-state index contributed by atoms with van der Waals surface area (Å²) in [4.78, 5) is 0. The van der Waals surface area contributed by atoms with E-state index in [4.69, 9.17) is 9.47 Å². The molecule has 1 aromatic carbocycles. The number of rotatable bonds is 4. The summed E-state index contributed by atoms with van der Waals surface area (Å²) in [7, 11) is 0. The van der Waals surface area contributed by atoms with Crippen LogP contribution in [-0.2, 0) is 16.1 Å². The summed E-state index contributed by atoms with van der Waals surface area (Å²) in [5.41, 5.74) is 1.52. The second kappa shape index (κ2) is 5.08. The summed E-state index contributed by atoms with van der Waals surface area (Å²) in [6.07, 6.45) is 1.45. The quantitative estimate of drug-likeness (QED) is 0.866. The van der Waals surface area contributed by atoms with Crippen molar-refractivity contribution in [2.24, 2.45) is 5.92 Å². The Balaban J connectivity index is 1.73. The predicted octanol–water partition coefficient (Wildman–Crippen LogP) is 3.22. The van der Waals surface area contributed by atoms with Crippen molar-refractivity contribution in [3.63, 3.8) is 0 Å². The average Bonchev–Trinajstić information content (AvgIpc) is 3.15. The molecule has 3 heteroatoms. The van der Waals surface area contributed by atoms with E-state index in [2.05, 4.69) is 32.9 Å². The zero-order chi connectivity index (χ0) is 15.3. The molecule has 0 spiro atoms. The lowest BCUT2D eigenvalue weighted by molar-refractivity contribution is -0.127. The maximum atomic E-state index is 10.7. The third-order valence-electron chi connectivity index (χ3n) is 5.34. The van der Waals surface area contributed by atoms with Gasteiger partial charge in [-0.1, -0.05) is 38.1 Å². The van der Waals surface area contributed by atoms with Gasteiger partial charge in [0.1, 0.15) is 12.2 Å². The molecule has 116 valence electrons. The van der Waals surface area contributed by atoms with Gasteiger partial charge in [-0.25, -0.2) is 0 Å².